The van der Waals surface area contributed by atoms with Crippen LogP contribution in [0.1, 0.15) is 16.7 Å². The van der Waals surface area contributed by atoms with Gasteiger partial charge in [-0.05, 0) is 35.7 Å². The number of carbonyl (C=O) groups is 1. The first kappa shape index (κ1) is 14.5. The number of anilines is 1. The molecule has 0 saturated heterocycles. The molecule has 0 aliphatic carbocycles. The average molecular weight is 287 g/mol. The highest BCUT2D eigenvalue weighted by molar-refractivity contribution is 7.98. The fourth-order valence-electron chi connectivity index (χ4n) is 1.89. The molecule has 0 aliphatic heterocycles. The Morgan fingerprint density at radius 1 is 1.15 bits per heavy atom. The predicted molar refractivity (Wildman–Crippen MR) is 82.9 cm³/mol. The van der Waals surface area contributed by atoms with E-state index in [4.69, 9.17) is 10.8 Å². The van der Waals surface area contributed by atoms with Gasteiger partial charge in [0.05, 0.1) is 6.42 Å². The number of carboxylic acids is 1. The van der Waals surface area contributed by atoms with E-state index in [0.29, 0.717) is 0 Å². The number of carboxylic acid groups (broad SMARTS) is 1. The van der Waals surface area contributed by atoms with Gasteiger partial charge in [0.15, 0.2) is 0 Å². The van der Waals surface area contributed by atoms with E-state index in [1.54, 1.807) is 11.8 Å². The van der Waals surface area contributed by atoms with Crippen molar-refractivity contribution in [3.05, 3.63) is 59.2 Å². The molecule has 0 aromatic heterocycles. The second-order valence-corrected chi connectivity index (χ2v) is 5.73. The van der Waals surface area contributed by atoms with Crippen molar-refractivity contribution in [1.82, 2.24) is 0 Å². The van der Waals surface area contributed by atoms with E-state index < -0.39 is 5.97 Å². The highest BCUT2D eigenvalue weighted by Crippen LogP contribution is 2.28. The summed E-state index contributed by atoms with van der Waals surface area (Å²) >= 11 is 1.69. The molecule has 104 valence electrons. The largest absolute Gasteiger partial charge is 0.481 e. The monoisotopic (exact) mass is 287 g/mol. The van der Waals surface area contributed by atoms with Gasteiger partial charge in [-0.25, -0.2) is 0 Å². The Hall–Kier alpha value is -1.94. The molecule has 2 aromatic carbocycles. The lowest BCUT2D eigenvalue weighted by Crippen LogP contribution is -1.99. The first-order valence-corrected chi connectivity index (χ1v) is 7.31. The Labute approximate surface area is 122 Å². The van der Waals surface area contributed by atoms with Crippen LogP contribution in [-0.4, -0.2) is 11.1 Å². The van der Waals surface area contributed by atoms with Gasteiger partial charge >= 0.3 is 5.97 Å². The van der Waals surface area contributed by atoms with E-state index in [2.05, 4.69) is 6.07 Å². The maximum atomic E-state index is 10.6. The van der Waals surface area contributed by atoms with Crippen LogP contribution in [0.2, 0.25) is 0 Å². The van der Waals surface area contributed by atoms with Gasteiger partial charge in [-0.1, -0.05) is 30.3 Å². The van der Waals surface area contributed by atoms with Crippen LogP contribution in [0.5, 0.6) is 0 Å². The van der Waals surface area contributed by atoms with E-state index in [0.717, 1.165) is 33.0 Å². The van der Waals surface area contributed by atoms with Gasteiger partial charge in [-0.2, -0.15) is 0 Å². The first-order chi connectivity index (χ1) is 9.54. The summed E-state index contributed by atoms with van der Waals surface area (Å²) < 4.78 is 0. The summed E-state index contributed by atoms with van der Waals surface area (Å²) in [4.78, 5) is 11.7. The van der Waals surface area contributed by atoms with E-state index >= 15 is 0 Å². The van der Waals surface area contributed by atoms with E-state index in [1.165, 1.54) is 0 Å². The van der Waals surface area contributed by atoms with Crippen LogP contribution >= 0.6 is 11.8 Å². The fourth-order valence-corrected chi connectivity index (χ4v) is 2.79. The number of hydrogen-bond acceptors (Lipinski definition) is 3. The van der Waals surface area contributed by atoms with Crippen LogP contribution in [0.4, 0.5) is 5.69 Å². The summed E-state index contributed by atoms with van der Waals surface area (Å²) in [5.74, 6) is 0.0141. The Balaban J connectivity index is 1.98. The van der Waals surface area contributed by atoms with Crippen molar-refractivity contribution in [3.63, 3.8) is 0 Å². The number of nitrogens with two attached hydrogens (primary N) is 1. The smallest absolute Gasteiger partial charge is 0.307 e. The van der Waals surface area contributed by atoms with Gasteiger partial charge in [-0.3, -0.25) is 4.79 Å². The summed E-state index contributed by atoms with van der Waals surface area (Å²) in [5, 5.41) is 8.72. The minimum absolute atomic E-state index is 0.0678. The minimum Gasteiger partial charge on any atom is -0.481 e. The zero-order valence-corrected chi connectivity index (χ0v) is 12.1. The number of thioether (sulfide) groups is 1. The van der Waals surface area contributed by atoms with Crippen LogP contribution < -0.4 is 5.73 Å². The molecular formula is C16H17NO2S. The molecular weight excluding hydrogens is 270 g/mol. The Kier molecular flexibility index (Phi) is 4.69. The molecule has 0 fully saturated rings. The minimum atomic E-state index is -0.806. The normalized spacial score (nSPS) is 10.4. The molecule has 0 spiro atoms. The standard InChI is InChI=1S/C16H17NO2S/c1-11-2-7-15(14(17)8-11)20-10-13-5-3-12(4-6-13)9-16(18)19/h2-8H,9-10,17H2,1H3,(H,18,19). The second kappa shape index (κ2) is 6.48. The highest BCUT2D eigenvalue weighted by atomic mass is 32.2. The van der Waals surface area contributed by atoms with Gasteiger partial charge in [0.2, 0.25) is 0 Å². The molecule has 0 bridgehead atoms. The molecule has 2 aromatic rings. The maximum Gasteiger partial charge on any atom is 0.307 e. The van der Waals surface area contributed by atoms with Gasteiger partial charge in [0.1, 0.15) is 0 Å². The molecule has 0 unspecified atom stereocenters. The molecule has 0 saturated carbocycles. The van der Waals surface area contributed by atoms with Crippen LogP contribution in [-0.2, 0) is 17.0 Å². The molecule has 2 rings (SSSR count). The van der Waals surface area contributed by atoms with Crippen LogP contribution in [0.15, 0.2) is 47.4 Å². The molecule has 4 heteroatoms. The Morgan fingerprint density at radius 3 is 2.40 bits per heavy atom. The van der Waals surface area contributed by atoms with Crippen LogP contribution in [0.3, 0.4) is 0 Å². The molecule has 0 heterocycles. The zero-order chi connectivity index (χ0) is 14.5. The molecule has 0 amide bonds. The molecule has 0 aliphatic rings. The van der Waals surface area contributed by atoms with Gasteiger partial charge in [-0.15, -0.1) is 11.8 Å². The van der Waals surface area contributed by atoms with Crippen molar-refractivity contribution in [2.45, 2.75) is 24.0 Å². The third-order valence-electron chi connectivity index (χ3n) is 2.94. The maximum absolute atomic E-state index is 10.6. The summed E-state index contributed by atoms with van der Waals surface area (Å²) in [5.41, 5.74) is 9.92. The summed E-state index contributed by atoms with van der Waals surface area (Å²) in [6.07, 6.45) is 0.0678. The number of benzene rings is 2. The Bertz CT molecular complexity index is 608. The quantitative estimate of drug-likeness (QED) is 0.652. The summed E-state index contributed by atoms with van der Waals surface area (Å²) in [6.45, 7) is 2.02. The topological polar surface area (TPSA) is 63.3 Å². The number of hydrogen-bond donors (Lipinski definition) is 2. The summed E-state index contributed by atoms with van der Waals surface area (Å²) in [7, 11) is 0. The van der Waals surface area contributed by atoms with Gasteiger partial charge < -0.3 is 10.8 Å². The SMILES string of the molecule is Cc1ccc(SCc2ccc(CC(=O)O)cc2)c(N)c1. The number of rotatable bonds is 5. The highest BCUT2D eigenvalue weighted by Gasteiger charge is 2.03. The van der Waals surface area contributed by atoms with Crippen molar-refractivity contribution in [3.8, 4) is 0 Å². The molecule has 3 nitrogen and oxygen atoms in total. The Morgan fingerprint density at radius 2 is 1.80 bits per heavy atom. The van der Waals surface area contributed by atoms with Crippen molar-refractivity contribution < 1.29 is 9.90 Å². The molecule has 0 radical (unpaired) electrons. The first-order valence-electron chi connectivity index (χ1n) is 6.33. The summed E-state index contributed by atoms with van der Waals surface area (Å²) in [6, 6.07) is 13.7. The van der Waals surface area contributed by atoms with Crippen LogP contribution in [0, 0.1) is 6.92 Å². The van der Waals surface area contributed by atoms with Crippen LogP contribution in [0.25, 0.3) is 0 Å². The lowest BCUT2D eigenvalue weighted by Gasteiger charge is -2.07. The van der Waals surface area contributed by atoms with Crippen molar-refractivity contribution >= 4 is 23.4 Å². The van der Waals surface area contributed by atoms with Gasteiger partial charge in [0, 0.05) is 16.3 Å². The van der Waals surface area contributed by atoms with E-state index in [-0.39, 0.29) is 6.42 Å². The second-order valence-electron chi connectivity index (χ2n) is 4.72. The average Bonchev–Trinajstić information content (AvgIpc) is 2.39. The fraction of sp³-hybridized carbons (Fsp3) is 0.188. The van der Waals surface area contributed by atoms with Crippen molar-refractivity contribution in [2.24, 2.45) is 0 Å². The van der Waals surface area contributed by atoms with E-state index in [9.17, 15) is 4.79 Å². The lowest BCUT2D eigenvalue weighted by atomic mass is 10.1. The number of aryl methyl sites for hydroxylation is 1. The lowest BCUT2D eigenvalue weighted by molar-refractivity contribution is -0.136. The van der Waals surface area contributed by atoms with E-state index in [1.807, 2.05) is 43.3 Å². The van der Waals surface area contributed by atoms with Crippen molar-refractivity contribution in [1.29, 1.82) is 0 Å². The predicted octanol–water partition coefficient (Wildman–Crippen LogP) is 3.50. The number of nitrogen functional groups attached to an aromatic ring is 1. The zero-order valence-electron chi connectivity index (χ0n) is 11.3. The van der Waals surface area contributed by atoms with Gasteiger partial charge in [0.25, 0.3) is 0 Å². The third-order valence-corrected chi connectivity index (χ3v) is 4.10. The third kappa shape index (κ3) is 4.03. The number of aliphatic carboxylic acids is 1. The molecule has 20 heavy (non-hydrogen) atoms. The van der Waals surface area contributed by atoms with Crippen molar-refractivity contribution in [2.75, 3.05) is 5.73 Å². The molecule has 0 atom stereocenters. The molecule has 3 N–H and O–H groups in total.